The Morgan fingerprint density at radius 3 is 2.55 bits per heavy atom. The molecule has 0 bridgehead atoms. The van der Waals surface area contributed by atoms with E-state index >= 15 is 0 Å². The maximum absolute atomic E-state index is 13.1. The summed E-state index contributed by atoms with van der Waals surface area (Å²) in [6.45, 7) is 7.87. The topological polar surface area (TPSA) is 53.8 Å². The minimum atomic E-state index is -4.43. The normalized spacial score (nSPS) is 18.2. The van der Waals surface area contributed by atoms with Crippen molar-refractivity contribution in [3.05, 3.63) is 52.3 Å². The number of aromatic nitrogens is 2. The molecule has 1 saturated heterocycles. The maximum atomic E-state index is 13.1. The zero-order valence-electron chi connectivity index (χ0n) is 19.1. The van der Waals surface area contributed by atoms with Gasteiger partial charge in [-0.3, -0.25) is 9.58 Å². The predicted molar refractivity (Wildman–Crippen MR) is 116 cm³/mol. The number of hydrogen-bond acceptors (Lipinski definition) is 5. The average molecular weight is 466 g/mol. The highest BCUT2D eigenvalue weighted by atomic mass is 19.4. The Bertz CT molecular complexity index is 983. The van der Waals surface area contributed by atoms with Crippen LogP contribution < -0.4 is 0 Å². The summed E-state index contributed by atoms with van der Waals surface area (Å²) in [5, 5.41) is 4.73. The van der Waals surface area contributed by atoms with Crippen molar-refractivity contribution >= 4 is 6.09 Å². The van der Waals surface area contributed by atoms with E-state index in [0.29, 0.717) is 30.8 Å². The number of fused-ring (bicyclic) bond motifs is 1. The fourth-order valence-electron chi connectivity index (χ4n) is 4.34. The van der Waals surface area contributed by atoms with Crippen molar-refractivity contribution in [1.29, 1.82) is 0 Å². The summed E-state index contributed by atoms with van der Waals surface area (Å²) >= 11 is 0. The van der Waals surface area contributed by atoms with Crippen molar-refractivity contribution in [2.75, 3.05) is 39.8 Å². The van der Waals surface area contributed by atoms with Gasteiger partial charge in [0.05, 0.1) is 23.5 Å². The van der Waals surface area contributed by atoms with Gasteiger partial charge >= 0.3 is 12.3 Å². The van der Waals surface area contributed by atoms with Crippen LogP contribution in [0.5, 0.6) is 0 Å². The largest absolute Gasteiger partial charge is 0.445 e. The molecule has 2 aliphatic rings. The van der Waals surface area contributed by atoms with E-state index in [1.807, 2.05) is 10.7 Å². The van der Waals surface area contributed by atoms with Crippen molar-refractivity contribution in [2.24, 2.45) is 0 Å². The van der Waals surface area contributed by atoms with Gasteiger partial charge in [0.2, 0.25) is 0 Å². The molecule has 0 aliphatic carbocycles. The Labute approximate surface area is 191 Å². The summed E-state index contributed by atoms with van der Waals surface area (Å²) < 4.78 is 46.5. The molecule has 7 nitrogen and oxygen atoms in total. The highest BCUT2D eigenvalue weighted by Gasteiger charge is 2.31. The molecule has 0 saturated carbocycles. The number of piperazine rings is 1. The van der Waals surface area contributed by atoms with E-state index in [2.05, 4.69) is 16.8 Å². The van der Waals surface area contributed by atoms with Crippen LogP contribution in [0.15, 0.2) is 24.3 Å². The lowest BCUT2D eigenvalue weighted by molar-refractivity contribution is -0.137. The van der Waals surface area contributed by atoms with Crippen molar-refractivity contribution in [2.45, 2.75) is 45.8 Å². The third-order valence-electron chi connectivity index (χ3n) is 6.13. The standard InChI is InChI=1S/C23H30F3N5O2/c1-17-10-18(12-19(11-17)23(24,25)26)16-33-22(32)30-4-3-5-31-21(15-30)13-20(27-31)14-29-8-6-28(2)7-9-29/h10-13H,3-9,14-16H2,1-2H3. The molecule has 0 unspecified atom stereocenters. The number of carbonyl (C=O) groups excluding carboxylic acids is 1. The Kier molecular flexibility index (Phi) is 6.94. The van der Waals surface area contributed by atoms with Gasteiger partial charge in [0.25, 0.3) is 0 Å². The Morgan fingerprint density at radius 1 is 1.06 bits per heavy atom. The lowest BCUT2D eigenvalue weighted by atomic mass is 10.1. The molecule has 2 aromatic rings. The number of rotatable bonds is 4. The molecule has 2 aliphatic heterocycles. The van der Waals surface area contributed by atoms with Crippen LogP contribution in [0, 0.1) is 6.92 Å². The summed E-state index contributed by atoms with van der Waals surface area (Å²) in [6.07, 6.45) is -4.23. The van der Waals surface area contributed by atoms with E-state index < -0.39 is 17.8 Å². The number of carbonyl (C=O) groups is 1. The lowest BCUT2D eigenvalue weighted by Gasteiger charge is -2.31. The van der Waals surface area contributed by atoms with E-state index in [1.165, 1.54) is 0 Å². The second-order valence-electron chi connectivity index (χ2n) is 8.96. The van der Waals surface area contributed by atoms with E-state index in [4.69, 9.17) is 9.84 Å². The smallest absolute Gasteiger partial charge is 0.416 e. The molecule has 0 spiro atoms. The summed E-state index contributed by atoms with van der Waals surface area (Å²) in [6, 6.07) is 5.76. The number of alkyl halides is 3. The first-order chi connectivity index (χ1) is 15.7. The molecule has 1 aromatic heterocycles. The van der Waals surface area contributed by atoms with Gasteiger partial charge < -0.3 is 14.5 Å². The van der Waals surface area contributed by atoms with Gasteiger partial charge in [0.1, 0.15) is 6.61 Å². The Balaban J connectivity index is 1.36. The molecule has 10 heteroatoms. The molecule has 0 radical (unpaired) electrons. The van der Waals surface area contributed by atoms with E-state index in [-0.39, 0.29) is 6.61 Å². The SMILES string of the molecule is Cc1cc(COC(=O)N2CCCn3nc(CN4CCN(C)CC4)cc3C2)cc(C(F)(F)F)c1. The molecule has 3 heterocycles. The molecule has 4 rings (SSSR count). The van der Waals surface area contributed by atoms with Crippen LogP contribution >= 0.6 is 0 Å². The molecule has 180 valence electrons. The van der Waals surface area contributed by atoms with Gasteiger partial charge in [0.15, 0.2) is 0 Å². The molecule has 0 atom stereocenters. The van der Waals surface area contributed by atoms with E-state index in [0.717, 1.165) is 62.7 Å². The van der Waals surface area contributed by atoms with Crippen molar-refractivity contribution in [3.8, 4) is 0 Å². The third-order valence-corrected chi connectivity index (χ3v) is 6.13. The van der Waals surface area contributed by atoms with E-state index in [1.54, 1.807) is 17.9 Å². The number of hydrogen-bond donors (Lipinski definition) is 0. The maximum Gasteiger partial charge on any atom is 0.416 e. The highest BCUT2D eigenvalue weighted by molar-refractivity contribution is 5.67. The zero-order chi connectivity index (χ0) is 23.6. The molecule has 33 heavy (non-hydrogen) atoms. The fourth-order valence-corrected chi connectivity index (χ4v) is 4.34. The van der Waals surface area contributed by atoms with Crippen LogP contribution in [-0.2, 0) is 37.2 Å². The van der Waals surface area contributed by atoms with Crippen LogP contribution in [-0.4, -0.2) is 70.3 Å². The minimum Gasteiger partial charge on any atom is -0.445 e. The predicted octanol–water partition coefficient (Wildman–Crippen LogP) is 3.50. The van der Waals surface area contributed by atoms with Crippen molar-refractivity contribution in [3.63, 3.8) is 0 Å². The minimum absolute atomic E-state index is 0.200. The fraction of sp³-hybridized carbons (Fsp3) is 0.565. The first-order valence-corrected chi connectivity index (χ1v) is 11.2. The summed E-state index contributed by atoms with van der Waals surface area (Å²) in [4.78, 5) is 19.0. The number of benzene rings is 1. The van der Waals surface area contributed by atoms with Crippen LogP contribution in [0.1, 0.15) is 34.5 Å². The monoisotopic (exact) mass is 465 g/mol. The van der Waals surface area contributed by atoms with Crippen LogP contribution in [0.4, 0.5) is 18.0 Å². The molecular weight excluding hydrogens is 435 g/mol. The number of nitrogens with zero attached hydrogens (tertiary/aromatic N) is 5. The number of ether oxygens (including phenoxy) is 1. The van der Waals surface area contributed by atoms with Gasteiger partial charge in [-0.15, -0.1) is 0 Å². The second kappa shape index (κ2) is 9.72. The van der Waals surface area contributed by atoms with Gasteiger partial charge in [-0.2, -0.15) is 18.3 Å². The van der Waals surface area contributed by atoms with Crippen LogP contribution in [0.2, 0.25) is 0 Å². The Morgan fingerprint density at radius 2 is 1.82 bits per heavy atom. The van der Waals surface area contributed by atoms with Crippen LogP contribution in [0.3, 0.4) is 0 Å². The number of halogens is 3. The molecular formula is C23H30F3N5O2. The first-order valence-electron chi connectivity index (χ1n) is 11.2. The highest BCUT2D eigenvalue weighted by Crippen LogP contribution is 2.30. The molecule has 1 amide bonds. The first kappa shape index (κ1) is 23.6. The number of likely N-dealkylation sites (N-methyl/N-ethyl adjacent to an activating group) is 1. The molecule has 1 aromatic carbocycles. The summed E-state index contributed by atoms with van der Waals surface area (Å²) in [5.74, 6) is 0. The zero-order valence-corrected chi connectivity index (χ0v) is 19.1. The van der Waals surface area contributed by atoms with Crippen molar-refractivity contribution in [1.82, 2.24) is 24.5 Å². The average Bonchev–Trinajstić information content (AvgIpc) is 3.01. The summed E-state index contributed by atoms with van der Waals surface area (Å²) in [7, 11) is 2.12. The quantitative estimate of drug-likeness (QED) is 0.692. The van der Waals surface area contributed by atoms with Gasteiger partial charge in [-0.05, 0) is 44.2 Å². The van der Waals surface area contributed by atoms with E-state index in [9.17, 15) is 18.0 Å². The van der Waals surface area contributed by atoms with Crippen molar-refractivity contribution < 1.29 is 22.7 Å². The van der Waals surface area contributed by atoms with Gasteiger partial charge in [-0.1, -0.05) is 11.6 Å². The summed E-state index contributed by atoms with van der Waals surface area (Å²) in [5.41, 5.74) is 2.00. The second-order valence-corrected chi connectivity index (χ2v) is 8.96. The Hall–Kier alpha value is -2.59. The van der Waals surface area contributed by atoms with Gasteiger partial charge in [0, 0.05) is 45.8 Å². The molecule has 1 fully saturated rings. The number of amides is 1. The molecule has 0 N–H and O–H groups in total. The number of aryl methyl sites for hydroxylation is 2. The van der Waals surface area contributed by atoms with Gasteiger partial charge in [-0.25, -0.2) is 4.79 Å². The third kappa shape index (κ3) is 6.05. The van der Waals surface area contributed by atoms with Crippen LogP contribution in [0.25, 0.3) is 0 Å². The lowest BCUT2D eigenvalue weighted by Crippen LogP contribution is -2.43.